The van der Waals surface area contributed by atoms with E-state index in [0.29, 0.717) is 28.0 Å². The van der Waals surface area contributed by atoms with Gasteiger partial charge in [-0.3, -0.25) is 15.1 Å². The molecule has 2 aromatic heterocycles. The summed E-state index contributed by atoms with van der Waals surface area (Å²) in [5, 5.41) is 15.4. The number of aromatic nitrogens is 2. The van der Waals surface area contributed by atoms with Gasteiger partial charge in [-0.25, -0.2) is 0 Å². The molecule has 0 amide bonds. The van der Waals surface area contributed by atoms with E-state index in [-0.39, 0.29) is 24.6 Å². The zero-order valence-corrected chi connectivity index (χ0v) is 22.3. The standard InChI is InChI=1S/C28H25N5O5S/c1-16-12-20(17(2)31(16)22-9-7-19(33(34)35)14-24(22)36-3)27-26(21-6-4-5-11-29-21)30-28(39)32(27)18-8-10-23-25(13-18)38-15-37-23/h4-14,26-27H,15H2,1-3H3,(H,30,39)/t26-,27-/m1/s1. The van der Waals surface area contributed by atoms with Crippen molar-refractivity contribution in [2.45, 2.75) is 25.9 Å². The first-order valence-corrected chi connectivity index (χ1v) is 12.7. The predicted molar refractivity (Wildman–Crippen MR) is 149 cm³/mol. The van der Waals surface area contributed by atoms with Crippen molar-refractivity contribution in [3.05, 3.63) is 99.6 Å². The van der Waals surface area contributed by atoms with E-state index in [9.17, 15) is 10.1 Å². The lowest BCUT2D eigenvalue weighted by Gasteiger charge is -2.28. The van der Waals surface area contributed by atoms with Crippen molar-refractivity contribution in [3.8, 4) is 22.9 Å². The number of anilines is 1. The summed E-state index contributed by atoms with van der Waals surface area (Å²) in [4.78, 5) is 17.7. The van der Waals surface area contributed by atoms with Crippen LogP contribution in [0.2, 0.25) is 0 Å². The molecule has 1 saturated heterocycles. The van der Waals surface area contributed by atoms with Gasteiger partial charge in [0.1, 0.15) is 5.75 Å². The number of hydrogen-bond acceptors (Lipinski definition) is 7. The first kappa shape index (κ1) is 24.7. The number of benzene rings is 2. The average Bonchev–Trinajstić information content (AvgIpc) is 3.63. The summed E-state index contributed by atoms with van der Waals surface area (Å²) < 4.78 is 18.8. The van der Waals surface area contributed by atoms with Gasteiger partial charge in [-0.1, -0.05) is 6.07 Å². The number of non-ortho nitro benzene ring substituents is 1. The van der Waals surface area contributed by atoms with Gasteiger partial charge < -0.3 is 29.0 Å². The van der Waals surface area contributed by atoms with Crippen LogP contribution in [0.5, 0.6) is 17.2 Å². The summed E-state index contributed by atoms with van der Waals surface area (Å²) >= 11 is 5.88. The van der Waals surface area contributed by atoms with E-state index in [0.717, 1.165) is 28.3 Å². The number of fused-ring (bicyclic) bond motifs is 1. The highest BCUT2D eigenvalue weighted by Crippen LogP contribution is 2.46. The number of methoxy groups -OCH3 is 1. The molecule has 0 spiro atoms. The van der Waals surface area contributed by atoms with Crippen LogP contribution in [-0.2, 0) is 0 Å². The maximum absolute atomic E-state index is 11.4. The van der Waals surface area contributed by atoms with E-state index in [1.165, 1.54) is 19.2 Å². The van der Waals surface area contributed by atoms with Crippen molar-refractivity contribution < 1.29 is 19.1 Å². The van der Waals surface area contributed by atoms with Crippen molar-refractivity contribution >= 4 is 28.7 Å². The molecule has 0 radical (unpaired) electrons. The maximum atomic E-state index is 11.4. The van der Waals surface area contributed by atoms with E-state index in [1.807, 2.05) is 54.8 Å². The Morgan fingerprint density at radius 3 is 2.67 bits per heavy atom. The zero-order valence-electron chi connectivity index (χ0n) is 21.5. The number of nitro benzene ring substituents is 1. The Bertz CT molecular complexity index is 1610. The second-order valence-electron chi connectivity index (χ2n) is 9.31. The first-order chi connectivity index (χ1) is 18.9. The molecule has 0 unspecified atom stereocenters. The van der Waals surface area contributed by atoms with Gasteiger partial charge in [0.05, 0.1) is 41.6 Å². The highest BCUT2D eigenvalue weighted by atomic mass is 32.1. The SMILES string of the molecule is COc1cc([N+](=O)[O-])ccc1-n1c(C)cc([C@@H]2[C@@H](c3ccccn3)NC(=S)N2c2ccc3c(c2)OCO3)c1C. The largest absolute Gasteiger partial charge is 0.494 e. The molecule has 11 heteroatoms. The lowest BCUT2D eigenvalue weighted by molar-refractivity contribution is -0.384. The van der Waals surface area contributed by atoms with Crippen molar-refractivity contribution in [2.75, 3.05) is 18.8 Å². The van der Waals surface area contributed by atoms with Crippen molar-refractivity contribution in [1.82, 2.24) is 14.9 Å². The predicted octanol–water partition coefficient (Wildman–Crippen LogP) is 5.31. The average molecular weight is 544 g/mol. The lowest BCUT2D eigenvalue weighted by Crippen LogP contribution is -2.29. The second-order valence-corrected chi connectivity index (χ2v) is 9.70. The Hall–Kier alpha value is -4.64. The zero-order chi connectivity index (χ0) is 27.3. The Morgan fingerprint density at radius 2 is 1.92 bits per heavy atom. The fraction of sp³-hybridized carbons (Fsp3) is 0.214. The molecule has 198 valence electrons. The number of thiocarbonyl (C=S) groups is 1. The molecule has 0 aliphatic carbocycles. The minimum absolute atomic E-state index is 0.0344. The summed E-state index contributed by atoms with van der Waals surface area (Å²) in [6.07, 6.45) is 1.77. The Balaban J connectivity index is 1.51. The highest BCUT2D eigenvalue weighted by Gasteiger charge is 2.42. The van der Waals surface area contributed by atoms with Gasteiger partial charge in [-0.15, -0.1) is 0 Å². The van der Waals surface area contributed by atoms with Crippen molar-refractivity contribution in [2.24, 2.45) is 0 Å². The molecule has 2 aromatic carbocycles. The number of aryl methyl sites for hydroxylation is 1. The molecule has 4 aromatic rings. The van der Waals surface area contributed by atoms with Gasteiger partial charge in [0.25, 0.3) is 5.69 Å². The van der Waals surface area contributed by atoms with Crippen LogP contribution in [0, 0.1) is 24.0 Å². The quantitative estimate of drug-likeness (QED) is 0.197. The number of hydrogen-bond donors (Lipinski definition) is 1. The number of nitro groups is 1. The van der Waals surface area contributed by atoms with Gasteiger partial charge in [-0.2, -0.15) is 0 Å². The van der Waals surface area contributed by atoms with E-state index >= 15 is 0 Å². The summed E-state index contributed by atoms with van der Waals surface area (Å²) in [6, 6.07) is 17.9. The third-order valence-electron chi connectivity index (χ3n) is 7.14. The smallest absolute Gasteiger partial charge is 0.273 e. The molecule has 0 saturated carbocycles. The third-order valence-corrected chi connectivity index (χ3v) is 7.45. The monoisotopic (exact) mass is 543 g/mol. The summed E-state index contributed by atoms with van der Waals surface area (Å²) in [7, 11) is 1.51. The maximum Gasteiger partial charge on any atom is 0.273 e. The molecule has 1 N–H and O–H groups in total. The van der Waals surface area contributed by atoms with Crippen LogP contribution in [-0.4, -0.2) is 33.5 Å². The van der Waals surface area contributed by atoms with E-state index in [2.05, 4.69) is 21.3 Å². The molecular formula is C28H25N5O5S. The van der Waals surface area contributed by atoms with Crippen LogP contribution < -0.4 is 24.4 Å². The van der Waals surface area contributed by atoms with Crippen LogP contribution >= 0.6 is 12.2 Å². The minimum atomic E-state index is -0.432. The number of nitrogens with one attached hydrogen (secondary N) is 1. The van der Waals surface area contributed by atoms with E-state index < -0.39 is 4.92 Å². The molecule has 39 heavy (non-hydrogen) atoms. The van der Waals surface area contributed by atoms with Crippen LogP contribution in [0.3, 0.4) is 0 Å². The minimum Gasteiger partial charge on any atom is -0.494 e. The van der Waals surface area contributed by atoms with Gasteiger partial charge in [-0.05, 0) is 68.0 Å². The van der Waals surface area contributed by atoms with Crippen LogP contribution in [0.15, 0.2) is 66.9 Å². The number of nitrogens with zero attached hydrogens (tertiary/aromatic N) is 4. The normalized spacial score (nSPS) is 17.8. The summed E-state index contributed by atoms with van der Waals surface area (Å²) in [6.45, 7) is 4.20. The molecular weight excluding hydrogens is 518 g/mol. The second kappa shape index (κ2) is 9.59. The van der Waals surface area contributed by atoms with Crippen LogP contribution in [0.1, 0.15) is 34.7 Å². The van der Waals surface area contributed by atoms with Crippen molar-refractivity contribution in [3.63, 3.8) is 0 Å². The molecule has 0 bridgehead atoms. The first-order valence-electron chi connectivity index (χ1n) is 12.3. The highest BCUT2D eigenvalue weighted by molar-refractivity contribution is 7.80. The Morgan fingerprint density at radius 1 is 1.10 bits per heavy atom. The van der Waals surface area contributed by atoms with Crippen LogP contribution in [0.25, 0.3) is 5.69 Å². The van der Waals surface area contributed by atoms with E-state index in [1.54, 1.807) is 12.3 Å². The van der Waals surface area contributed by atoms with Gasteiger partial charge >= 0.3 is 0 Å². The number of ether oxygens (including phenoxy) is 3. The lowest BCUT2D eigenvalue weighted by atomic mass is 9.96. The molecule has 2 atom stereocenters. The van der Waals surface area contributed by atoms with Gasteiger partial charge in [0, 0.05) is 35.4 Å². The summed E-state index contributed by atoms with van der Waals surface area (Å²) in [5.41, 5.74) is 5.30. The number of pyridine rings is 1. The van der Waals surface area contributed by atoms with Crippen LogP contribution in [0.4, 0.5) is 11.4 Å². The molecule has 2 aliphatic rings. The number of rotatable bonds is 6. The molecule has 2 aliphatic heterocycles. The van der Waals surface area contributed by atoms with Gasteiger partial charge in [0.2, 0.25) is 6.79 Å². The molecule has 4 heterocycles. The third kappa shape index (κ3) is 4.11. The molecule has 10 nitrogen and oxygen atoms in total. The molecule has 1 fully saturated rings. The van der Waals surface area contributed by atoms with Gasteiger partial charge in [0.15, 0.2) is 16.6 Å². The fourth-order valence-electron chi connectivity index (χ4n) is 5.41. The Labute approximate surface area is 229 Å². The topological polar surface area (TPSA) is 104 Å². The molecule has 6 rings (SSSR count). The Kier molecular flexibility index (Phi) is 6.07. The van der Waals surface area contributed by atoms with Crippen molar-refractivity contribution in [1.29, 1.82) is 0 Å². The summed E-state index contributed by atoms with van der Waals surface area (Å²) in [5.74, 6) is 1.76. The van der Waals surface area contributed by atoms with E-state index in [4.69, 9.17) is 26.4 Å². The fourth-order valence-corrected chi connectivity index (χ4v) is 5.75.